The van der Waals surface area contributed by atoms with Crippen LogP contribution in [0.15, 0.2) is 18.2 Å². The molecule has 1 amide bonds. The van der Waals surface area contributed by atoms with Crippen molar-refractivity contribution in [3.63, 3.8) is 0 Å². The molecule has 5 heteroatoms. The highest BCUT2D eigenvalue weighted by atomic mass is 35.5. The first kappa shape index (κ1) is 14.3. The molecule has 1 aliphatic rings. The summed E-state index contributed by atoms with van der Waals surface area (Å²) >= 11 is 5.84. The Morgan fingerprint density at radius 1 is 1.53 bits per heavy atom. The molecule has 0 aromatic heterocycles. The fraction of sp³-hybridized carbons (Fsp3) is 0.500. The lowest BCUT2D eigenvalue weighted by Crippen LogP contribution is -2.51. The minimum absolute atomic E-state index is 0.0278. The topological polar surface area (TPSA) is 46.3 Å². The molecule has 2 N–H and O–H groups in total. The smallest absolute Gasteiger partial charge is 0.257 e. The molecule has 104 valence electrons. The van der Waals surface area contributed by atoms with E-state index in [1.54, 1.807) is 4.90 Å². The predicted molar refractivity (Wildman–Crippen MR) is 73.7 cm³/mol. The van der Waals surface area contributed by atoms with Crippen molar-refractivity contribution in [3.05, 3.63) is 34.6 Å². The Kier molecular flexibility index (Phi) is 4.42. The minimum Gasteiger partial charge on any atom is -0.334 e. The number of amides is 1. The van der Waals surface area contributed by atoms with Gasteiger partial charge >= 0.3 is 0 Å². The highest BCUT2D eigenvalue weighted by Gasteiger charge is 2.31. The summed E-state index contributed by atoms with van der Waals surface area (Å²) in [5.41, 5.74) is 5.96. The number of piperidine rings is 1. The summed E-state index contributed by atoms with van der Waals surface area (Å²) in [7, 11) is 0. The zero-order valence-electron chi connectivity index (χ0n) is 10.9. The van der Waals surface area contributed by atoms with E-state index in [4.69, 9.17) is 17.3 Å². The van der Waals surface area contributed by atoms with Crippen molar-refractivity contribution < 1.29 is 9.18 Å². The second-order valence-corrected chi connectivity index (χ2v) is 5.48. The second-order valence-electron chi connectivity index (χ2n) is 5.04. The molecular weight excluding hydrogens is 267 g/mol. The fourth-order valence-electron chi connectivity index (χ4n) is 2.57. The number of carbonyl (C=O) groups is 1. The maximum Gasteiger partial charge on any atom is 0.257 e. The Bertz CT molecular complexity index is 479. The number of halogens is 2. The average molecular weight is 285 g/mol. The van der Waals surface area contributed by atoms with E-state index in [1.807, 2.05) is 6.92 Å². The molecule has 0 bridgehead atoms. The predicted octanol–water partition coefficient (Wildman–Crippen LogP) is 2.82. The van der Waals surface area contributed by atoms with Crippen molar-refractivity contribution in [2.45, 2.75) is 38.3 Å². The molecule has 2 rings (SSSR count). The number of nitrogens with zero attached hydrogens (tertiary/aromatic N) is 1. The van der Waals surface area contributed by atoms with E-state index >= 15 is 0 Å². The summed E-state index contributed by atoms with van der Waals surface area (Å²) < 4.78 is 13.8. The first-order valence-corrected chi connectivity index (χ1v) is 6.90. The van der Waals surface area contributed by atoms with Crippen LogP contribution < -0.4 is 5.73 Å². The van der Waals surface area contributed by atoms with Gasteiger partial charge in [0.2, 0.25) is 0 Å². The molecule has 2 atom stereocenters. The van der Waals surface area contributed by atoms with Crippen LogP contribution in [0.1, 0.15) is 36.5 Å². The van der Waals surface area contributed by atoms with Gasteiger partial charge in [0.05, 0.1) is 5.56 Å². The van der Waals surface area contributed by atoms with E-state index in [1.165, 1.54) is 18.2 Å². The highest BCUT2D eigenvalue weighted by Crippen LogP contribution is 2.23. The van der Waals surface area contributed by atoms with Crippen molar-refractivity contribution in [2.24, 2.45) is 5.73 Å². The van der Waals surface area contributed by atoms with Crippen molar-refractivity contribution in [3.8, 4) is 0 Å². The third-order valence-electron chi connectivity index (χ3n) is 3.58. The average Bonchev–Trinajstić information content (AvgIpc) is 2.40. The molecule has 1 fully saturated rings. The van der Waals surface area contributed by atoms with Gasteiger partial charge in [0.1, 0.15) is 5.82 Å². The van der Waals surface area contributed by atoms with Gasteiger partial charge in [-0.2, -0.15) is 0 Å². The van der Waals surface area contributed by atoms with Crippen LogP contribution in [0.4, 0.5) is 4.39 Å². The van der Waals surface area contributed by atoms with E-state index < -0.39 is 5.82 Å². The Morgan fingerprint density at radius 2 is 2.26 bits per heavy atom. The van der Waals surface area contributed by atoms with Gasteiger partial charge in [-0.15, -0.1) is 0 Å². The van der Waals surface area contributed by atoms with Crippen molar-refractivity contribution >= 4 is 17.5 Å². The van der Waals surface area contributed by atoms with Gasteiger partial charge in [-0.3, -0.25) is 4.79 Å². The van der Waals surface area contributed by atoms with Gasteiger partial charge in [-0.25, -0.2) is 4.39 Å². The number of hydrogen-bond donors (Lipinski definition) is 1. The maximum atomic E-state index is 13.8. The standard InChI is InChI=1S/C14H18ClFN2O/c1-9(17)13-4-2-3-7-18(13)14(19)11-8-10(15)5-6-12(11)16/h5-6,8-9,13H,2-4,7,17H2,1H3/t9-,13-/m1/s1. The largest absolute Gasteiger partial charge is 0.334 e. The zero-order chi connectivity index (χ0) is 14.0. The van der Waals surface area contributed by atoms with E-state index in [2.05, 4.69) is 0 Å². The Labute approximate surface area is 117 Å². The van der Waals surface area contributed by atoms with E-state index in [9.17, 15) is 9.18 Å². The molecule has 1 heterocycles. The molecule has 0 aliphatic carbocycles. The summed E-state index contributed by atoms with van der Waals surface area (Å²) in [5.74, 6) is -0.856. The molecule has 1 aromatic rings. The van der Waals surface area contributed by atoms with Gasteiger partial charge in [-0.05, 0) is 44.4 Å². The van der Waals surface area contributed by atoms with Gasteiger partial charge in [0.25, 0.3) is 5.91 Å². The number of rotatable bonds is 2. The number of likely N-dealkylation sites (tertiary alicyclic amines) is 1. The summed E-state index contributed by atoms with van der Waals surface area (Å²) in [6.45, 7) is 2.50. The van der Waals surface area contributed by atoms with Crippen LogP contribution in [-0.2, 0) is 0 Å². The summed E-state index contributed by atoms with van der Waals surface area (Å²) in [4.78, 5) is 14.1. The lowest BCUT2D eigenvalue weighted by Gasteiger charge is -2.38. The fourth-order valence-corrected chi connectivity index (χ4v) is 2.74. The van der Waals surface area contributed by atoms with Crippen LogP contribution in [0.2, 0.25) is 5.02 Å². The van der Waals surface area contributed by atoms with E-state index in [0.717, 1.165) is 19.3 Å². The molecule has 0 saturated carbocycles. The highest BCUT2D eigenvalue weighted by molar-refractivity contribution is 6.31. The molecule has 0 spiro atoms. The number of benzene rings is 1. The SMILES string of the molecule is C[C@@H](N)[C@H]1CCCCN1C(=O)c1cc(Cl)ccc1F. The van der Waals surface area contributed by atoms with Crippen LogP contribution in [0.25, 0.3) is 0 Å². The minimum atomic E-state index is -0.539. The zero-order valence-corrected chi connectivity index (χ0v) is 11.7. The van der Waals surface area contributed by atoms with Gasteiger partial charge in [-0.1, -0.05) is 11.6 Å². The Balaban J connectivity index is 2.28. The van der Waals surface area contributed by atoms with E-state index in [-0.39, 0.29) is 23.6 Å². The van der Waals surface area contributed by atoms with Gasteiger partial charge < -0.3 is 10.6 Å². The normalized spacial score (nSPS) is 21.3. The molecule has 1 aromatic carbocycles. The van der Waals surface area contributed by atoms with Crippen molar-refractivity contribution in [1.82, 2.24) is 4.90 Å². The molecule has 0 unspecified atom stereocenters. The lowest BCUT2D eigenvalue weighted by atomic mass is 9.96. The first-order chi connectivity index (χ1) is 9.00. The molecule has 1 aliphatic heterocycles. The van der Waals surface area contributed by atoms with Crippen LogP contribution in [0.3, 0.4) is 0 Å². The van der Waals surface area contributed by atoms with Crippen LogP contribution in [0, 0.1) is 5.82 Å². The van der Waals surface area contributed by atoms with E-state index in [0.29, 0.717) is 11.6 Å². The lowest BCUT2D eigenvalue weighted by molar-refractivity contribution is 0.0579. The number of hydrogen-bond acceptors (Lipinski definition) is 2. The third kappa shape index (κ3) is 3.07. The molecule has 19 heavy (non-hydrogen) atoms. The quantitative estimate of drug-likeness (QED) is 0.908. The van der Waals surface area contributed by atoms with Gasteiger partial charge in [0.15, 0.2) is 0 Å². The molecule has 1 saturated heterocycles. The Morgan fingerprint density at radius 3 is 2.95 bits per heavy atom. The van der Waals surface area contributed by atoms with Crippen LogP contribution in [0.5, 0.6) is 0 Å². The first-order valence-electron chi connectivity index (χ1n) is 6.52. The van der Waals surface area contributed by atoms with Crippen molar-refractivity contribution in [1.29, 1.82) is 0 Å². The molecule has 0 radical (unpaired) electrons. The monoisotopic (exact) mass is 284 g/mol. The Hall–Kier alpha value is -1.13. The van der Waals surface area contributed by atoms with Gasteiger partial charge in [0, 0.05) is 23.7 Å². The summed E-state index contributed by atoms with van der Waals surface area (Å²) in [5, 5.41) is 0.360. The number of carbonyl (C=O) groups excluding carboxylic acids is 1. The third-order valence-corrected chi connectivity index (χ3v) is 3.81. The number of nitrogens with two attached hydrogens (primary N) is 1. The summed E-state index contributed by atoms with van der Waals surface area (Å²) in [6, 6.07) is 3.89. The van der Waals surface area contributed by atoms with Crippen molar-refractivity contribution in [2.75, 3.05) is 6.54 Å². The van der Waals surface area contributed by atoms with Crippen LogP contribution >= 0.6 is 11.6 Å². The molecule has 3 nitrogen and oxygen atoms in total. The van der Waals surface area contributed by atoms with Crippen LogP contribution in [-0.4, -0.2) is 29.4 Å². The summed E-state index contributed by atoms with van der Waals surface area (Å²) in [6.07, 6.45) is 2.84. The maximum absolute atomic E-state index is 13.8. The second kappa shape index (κ2) is 5.88. The molecular formula is C14H18ClFN2O.